The molecule has 382 valence electrons. The van der Waals surface area contributed by atoms with Crippen molar-refractivity contribution in [2.45, 2.75) is 223 Å². The van der Waals surface area contributed by atoms with Gasteiger partial charge in [0.2, 0.25) is 0 Å². The first-order chi connectivity index (χ1) is 30.7. The third-order valence-corrected chi connectivity index (χ3v) is 18.5. The molecule has 0 radical (unpaired) electrons. The summed E-state index contributed by atoms with van der Waals surface area (Å²) in [6, 6.07) is 0. The summed E-state index contributed by atoms with van der Waals surface area (Å²) in [5.74, 6) is -0.363. The SMILES string of the molecule is CC(C)/C=C/C[C@](C)(O[C@@H]1O[C@H](CO[C@@H]2O[C@@H](C)[C@H](O)[C@@H](O)[C@H]2O)[C@@H](O)[C@H](O)[C@H]1O)[C@H]1CC[C@]2(C)[C@@H]1[C@H](O)C[C@@H]1[C@@]3(C)C[C@@H](O)[C@H](O[C@@H]4O[C@H](CO)[C@@H](O)[C@H](O)[C@H]4O)C(C)(C)[C@@H]3CC[C@]12C. The molecule has 0 aromatic carbocycles. The molecule has 4 saturated carbocycles. The summed E-state index contributed by atoms with van der Waals surface area (Å²) < 4.78 is 36.5. The quantitative estimate of drug-likeness (QED) is 0.0893. The lowest BCUT2D eigenvalue weighted by molar-refractivity contribution is -0.349. The lowest BCUT2D eigenvalue weighted by Crippen LogP contribution is -2.69. The molecule has 66 heavy (non-hydrogen) atoms. The molecule has 3 aliphatic heterocycles. The van der Waals surface area contributed by atoms with Crippen molar-refractivity contribution in [3.63, 3.8) is 0 Å². The molecule has 0 aromatic heterocycles. The monoisotopic (exact) mass is 947 g/mol. The second-order valence-electron chi connectivity index (χ2n) is 23.1. The van der Waals surface area contributed by atoms with Crippen LogP contribution >= 0.6 is 0 Å². The summed E-state index contributed by atoms with van der Waals surface area (Å²) in [7, 11) is 0. The Kier molecular flexibility index (Phi) is 15.4. The van der Waals surface area contributed by atoms with Crippen molar-refractivity contribution in [1.82, 2.24) is 0 Å². The molecular weight excluding hydrogens is 865 g/mol. The second kappa shape index (κ2) is 19.2. The molecule has 0 spiro atoms. The van der Waals surface area contributed by atoms with Gasteiger partial charge in [0.1, 0.15) is 67.1 Å². The Morgan fingerprint density at radius 1 is 0.667 bits per heavy atom. The summed E-state index contributed by atoms with van der Waals surface area (Å²) in [6.07, 6.45) is -16.2. The number of hydrogen-bond donors (Lipinski definition) is 12. The predicted octanol–water partition coefficient (Wildman–Crippen LogP) is -0.172. The summed E-state index contributed by atoms with van der Waals surface area (Å²) >= 11 is 0. The first-order valence-corrected chi connectivity index (χ1v) is 24.4. The zero-order valence-corrected chi connectivity index (χ0v) is 40.1. The van der Waals surface area contributed by atoms with E-state index in [1.807, 2.05) is 26.8 Å². The van der Waals surface area contributed by atoms with Crippen molar-refractivity contribution in [3.05, 3.63) is 12.2 Å². The molecule has 0 unspecified atom stereocenters. The Morgan fingerprint density at radius 3 is 1.88 bits per heavy atom. The van der Waals surface area contributed by atoms with E-state index in [-0.39, 0.29) is 35.0 Å². The Morgan fingerprint density at radius 2 is 1.24 bits per heavy atom. The zero-order chi connectivity index (χ0) is 48.8. The van der Waals surface area contributed by atoms with Gasteiger partial charge in [-0.1, -0.05) is 60.6 Å². The van der Waals surface area contributed by atoms with Gasteiger partial charge in [-0.05, 0) is 110 Å². The molecule has 18 heteroatoms. The van der Waals surface area contributed by atoms with E-state index in [9.17, 15) is 61.3 Å². The molecule has 18 nitrogen and oxygen atoms in total. The molecule has 7 fully saturated rings. The van der Waals surface area contributed by atoms with Crippen LogP contribution in [0.3, 0.4) is 0 Å². The predicted molar refractivity (Wildman–Crippen MR) is 233 cm³/mol. The van der Waals surface area contributed by atoms with Gasteiger partial charge in [-0.2, -0.15) is 0 Å². The van der Waals surface area contributed by atoms with E-state index in [4.69, 9.17) is 28.4 Å². The Bertz CT molecular complexity index is 1680. The van der Waals surface area contributed by atoms with Gasteiger partial charge >= 0.3 is 0 Å². The molecule has 7 aliphatic rings. The third kappa shape index (κ3) is 8.79. The minimum atomic E-state index is -1.71. The molecule has 26 atom stereocenters. The number of rotatable bonds is 12. The van der Waals surface area contributed by atoms with Gasteiger partial charge in [0, 0.05) is 0 Å². The second-order valence-corrected chi connectivity index (χ2v) is 23.1. The van der Waals surface area contributed by atoms with Crippen LogP contribution in [-0.2, 0) is 28.4 Å². The minimum Gasteiger partial charge on any atom is -0.394 e. The first-order valence-electron chi connectivity index (χ1n) is 24.4. The Hall–Kier alpha value is -0.980. The van der Waals surface area contributed by atoms with Crippen LogP contribution in [-0.4, -0.2) is 191 Å². The maximum absolute atomic E-state index is 12.7. The van der Waals surface area contributed by atoms with Crippen LogP contribution in [0.4, 0.5) is 0 Å². The fourth-order valence-corrected chi connectivity index (χ4v) is 14.8. The number of aliphatic hydroxyl groups excluding tert-OH is 12. The van der Waals surface area contributed by atoms with E-state index in [0.29, 0.717) is 25.7 Å². The smallest absolute Gasteiger partial charge is 0.187 e. The van der Waals surface area contributed by atoms with E-state index in [2.05, 4.69) is 40.7 Å². The van der Waals surface area contributed by atoms with Gasteiger partial charge in [-0.3, -0.25) is 0 Å². The number of allylic oxidation sites excluding steroid dienone is 1. The normalized spacial score (nSPS) is 53.8. The third-order valence-electron chi connectivity index (χ3n) is 18.5. The van der Waals surface area contributed by atoms with Crippen molar-refractivity contribution < 1.29 is 89.7 Å². The maximum atomic E-state index is 12.7. The molecular formula is C48H82O18. The van der Waals surface area contributed by atoms with Crippen molar-refractivity contribution in [2.24, 2.45) is 51.2 Å². The zero-order valence-electron chi connectivity index (χ0n) is 40.1. The summed E-state index contributed by atoms with van der Waals surface area (Å²) in [5.41, 5.74) is -2.97. The van der Waals surface area contributed by atoms with Crippen LogP contribution in [0.25, 0.3) is 0 Å². The number of aliphatic hydroxyl groups is 12. The molecule has 12 N–H and O–H groups in total. The van der Waals surface area contributed by atoms with Crippen LogP contribution in [0.1, 0.15) is 107 Å². The average Bonchev–Trinajstić information content (AvgIpc) is 3.64. The topological polar surface area (TPSA) is 298 Å². The van der Waals surface area contributed by atoms with E-state index < -0.39 is 145 Å². The van der Waals surface area contributed by atoms with Crippen LogP contribution in [0, 0.1) is 51.2 Å². The number of fused-ring (bicyclic) bond motifs is 5. The van der Waals surface area contributed by atoms with Gasteiger partial charge < -0.3 is 89.7 Å². The summed E-state index contributed by atoms with van der Waals surface area (Å²) in [4.78, 5) is 0. The largest absolute Gasteiger partial charge is 0.394 e. The molecule has 3 heterocycles. The van der Waals surface area contributed by atoms with Crippen LogP contribution in [0.5, 0.6) is 0 Å². The van der Waals surface area contributed by atoms with Crippen molar-refractivity contribution in [3.8, 4) is 0 Å². The summed E-state index contributed by atoms with van der Waals surface area (Å²) in [5, 5.41) is 131. The molecule has 0 bridgehead atoms. The minimum absolute atomic E-state index is 0.00248. The van der Waals surface area contributed by atoms with Crippen molar-refractivity contribution in [1.29, 1.82) is 0 Å². The van der Waals surface area contributed by atoms with Gasteiger partial charge in [-0.25, -0.2) is 0 Å². The van der Waals surface area contributed by atoms with Gasteiger partial charge in [-0.15, -0.1) is 0 Å². The van der Waals surface area contributed by atoms with Gasteiger partial charge in [0.15, 0.2) is 18.9 Å². The van der Waals surface area contributed by atoms with Gasteiger partial charge in [0.25, 0.3) is 0 Å². The van der Waals surface area contributed by atoms with E-state index in [1.165, 1.54) is 6.92 Å². The van der Waals surface area contributed by atoms with E-state index in [0.717, 1.165) is 19.3 Å². The van der Waals surface area contributed by atoms with E-state index in [1.54, 1.807) is 0 Å². The Balaban J connectivity index is 1.13. The molecule has 4 aliphatic carbocycles. The van der Waals surface area contributed by atoms with Crippen LogP contribution < -0.4 is 0 Å². The van der Waals surface area contributed by atoms with Crippen LogP contribution in [0.2, 0.25) is 0 Å². The molecule has 7 rings (SSSR count). The lowest BCUT2D eigenvalue weighted by Gasteiger charge is -2.71. The first kappa shape index (κ1) is 52.8. The molecule has 0 aromatic rings. The highest BCUT2D eigenvalue weighted by atomic mass is 16.7. The lowest BCUT2D eigenvalue weighted by atomic mass is 9.35. The maximum Gasteiger partial charge on any atom is 0.187 e. The average molecular weight is 947 g/mol. The highest BCUT2D eigenvalue weighted by molar-refractivity contribution is 5.21. The van der Waals surface area contributed by atoms with Crippen molar-refractivity contribution in [2.75, 3.05) is 13.2 Å². The fraction of sp³-hybridized carbons (Fsp3) is 0.958. The fourth-order valence-electron chi connectivity index (χ4n) is 14.8. The number of hydrogen-bond acceptors (Lipinski definition) is 18. The van der Waals surface area contributed by atoms with E-state index >= 15 is 0 Å². The summed E-state index contributed by atoms with van der Waals surface area (Å²) in [6.45, 7) is 17.4. The standard InChI is InChI=1S/C48H82O18/c1-21(2)11-10-14-48(9,66-43-39(60)36(57)33(54)27(64-43)20-61-41-37(58)34(55)31(52)22(3)62-41)23-12-15-47(8)30(23)24(50)17-29-45(6)18-25(51)40(44(4,5)28(45)13-16-46(29,47)7)65-42-38(59)35(56)32(53)26(19-49)63-42/h10-11,21-43,49-60H,12-20H2,1-9H3/b11-10+/t22-,23-,24+,25+,26+,27+,28-,29+,30-,31-,32+,33+,34+,35-,36-,37+,38+,39+,40-,41+,42-,43-,45-,46+,47+,48-/m0/s1. The highest BCUT2D eigenvalue weighted by Gasteiger charge is 2.73. The van der Waals surface area contributed by atoms with Crippen LogP contribution in [0.15, 0.2) is 12.2 Å². The van der Waals surface area contributed by atoms with Gasteiger partial charge in [0.05, 0.1) is 43.2 Å². The molecule has 3 saturated heterocycles. The Labute approximate surface area is 388 Å². The van der Waals surface area contributed by atoms with Crippen molar-refractivity contribution >= 4 is 0 Å². The highest BCUT2D eigenvalue weighted by Crippen LogP contribution is 2.76. The number of ether oxygens (including phenoxy) is 6. The molecule has 0 amide bonds.